The van der Waals surface area contributed by atoms with Gasteiger partial charge in [-0.2, -0.15) is 0 Å². The van der Waals surface area contributed by atoms with Gasteiger partial charge in [-0.05, 0) is 40.2 Å². The Morgan fingerprint density at radius 2 is 2.04 bits per heavy atom. The fraction of sp³-hybridized carbons (Fsp3) is 0.611. The van der Waals surface area contributed by atoms with Crippen LogP contribution in [0, 0.1) is 6.92 Å². The number of rotatable bonds is 7. The Morgan fingerprint density at radius 3 is 2.65 bits per heavy atom. The Hall–Kier alpha value is -1.75. The predicted octanol–water partition coefficient (Wildman–Crippen LogP) is 3.48. The number of aromatic hydroxyl groups is 1. The molecule has 3 N–H and O–H groups in total. The van der Waals surface area contributed by atoms with E-state index in [1.54, 1.807) is 6.07 Å². The van der Waals surface area contributed by atoms with E-state index in [0.717, 1.165) is 24.0 Å². The summed E-state index contributed by atoms with van der Waals surface area (Å²) in [5, 5.41) is 16.1. The van der Waals surface area contributed by atoms with Gasteiger partial charge >= 0.3 is 6.09 Å². The standard InChI is InChI=1S/C18H30N2O3/c1-6-7-15(12-20-17(22)23-18(3,4)5)19-11-14-10-13(2)8-9-16(14)21/h8-10,15,19,21H,6-7,11-12H2,1-5H3,(H,20,22). The summed E-state index contributed by atoms with van der Waals surface area (Å²) >= 11 is 0. The molecule has 1 unspecified atom stereocenters. The number of hydrogen-bond donors (Lipinski definition) is 3. The second-order valence-electron chi connectivity index (χ2n) is 6.88. The first-order valence-corrected chi connectivity index (χ1v) is 8.20. The molecule has 23 heavy (non-hydrogen) atoms. The van der Waals surface area contributed by atoms with Gasteiger partial charge in [-0.3, -0.25) is 0 Å². The van der Waals surface area contributed by atoms with E-state index in [2.05, 4.69) is 17.6 Å². The second kappa shape index (κ2) is 8.77. The van der Waals surface area contributed by atoms with Crippen LogP contribution in [0.3, 0.4) is 0 Å². The quantitative estimate of drug-likeness (QED) is 0.719. The van der Waals surface area contributed by atoms with Crippen LogP contribution in [0.1, 0.15) is 51.7 Å². The molecule has 5 nitrogen and oxygen atoms in total. The molecular formula is C18H30N2O3. The van der Waals surface area contributed by atoms with E-state index in [4.69, 9.17) is 4.74 Å². The van der Waals surface area contributed by atoms with Crippen molar-refractivity contribution >= 4 is 6.09 Å². The molecule has 130 valence electrons. The van der Waals surface area contributed by atoms with Crippen LogP contribution in [-0.4, -0.2) is 29.4 Å². The summed E-state index contributed by atoms with van der Waals surface area (Å²) in [6.07, 6.45) is 1.54. The lowest BCUT2D eigenvalue weighted by Gasteiger charge is -2.22. The van der Waals surface area contributed by atoms with E-state index in [-0.39, 0.29) is 6.04 Å². The largest absolute Gasteiger partial charge is 0.508 e. The highest BCUT2D eigenvalue weighted by Gasteiger charge is 2.17. The fourth-order valence-corrected chi connectivity index (χ4v) is 2.26. The fourth-order valence-electron chi connectivity index (χ4n) is 2.26. The number of hydrogen-bond acceptors (Lipinski definition) is 4. The molecule has 0 saturated heterocycles. The van der Waals surface area contributed by atoms with Crippen molar-refractivity contribution in [2.75, 3.05) is 6.54 Å². The van der Waals surface area contributed by atoms with Crippen molar-refractivity contribution in [3.8, 4) is 5.75 Å². The number of aryl methyl sites for hydroxylation is 1. The Kier molecular flexibility index (Phi) is 7.36. The third-order valence-electron chi connectivity index (χ3n) is 3.35. The van der Waals surface area contributed by atoms with Crippen molar-refractivity contribution in [2.24, 2.45) is 0 Å². The number of ether oxygens (including phenoxy) is 1. The van der Waals surface area contributed by atoms with Gasteiger partial charge in [-0.1, -0.05) is 31.0 Å². The molecule has 0 saturated carbocycles. The van der Waals surface area contributed by atoms with Gasteiger partial charge in [0.25, 0.3) is 0 Å². The summed E-state index contributed by atoms with van der Waals surface area (Å²) in [5.41, 5.74) is 1.48. The maximum atomic E-state index is 11.7. The van der Waals surface area contributed by atoms with Crippen LogP contribution in [0.2, 0.25) is 0 Å². The van der Waals surface area contributed by atoms with Gasteiger partial charge < -0.3 is 20.5 Å². The molecule has 1 atom stereocenters. The van der Waals surface area contributed by atoms with Crippen LogP contribution >= 0.6 is 0 Å². The number of alkyl carbamates (subject to hydrolysis) is 1. The highest BCUT2D eigenvalue weighted by atomic mass is 16.6. The monoisotopic (exact) mass is 322 g/mol. The number of benzene rings is 1. The zero-order valence-electron chi connectivity index (χ0n) is 14.9. The smallest absolute Gasteiger partial charge is 0.407 e. The molecule has 0 aliphatic rings. The molecular weight excluding hydrogens is 292 g/mol. The summed E-state index contributed by atoms with van der Waals surface area (Å²) in [4.78, 5) is 11.7. The molecule has 1 aromatic carbocycles. The minimum Gasteiger partial charge on any atom is -0.508 e. The summed E-state index contributed by atoms with van der Waals surface area (Å²) in [5.74, 6) is 0.290. The van der Waals surface area contributed by atoms with Gasteiger partial charge in [0, 0.05) is 24.7 Å². The van der Waals surface area contributed by atoms with Crippen LogP contribution in [-0.2, 0) is 11.3 Å². The molecule has 0 fully saturated rings. The first-order chi connectivity index (χ1) is 10.7. The van der Waals surface area contributed by atoms with E-state index in [0.29, 0.717) is 18.8 Å². The molecule has 0 aliphatic carbocycles. The average Bonchev–Trinajstić information content (AvgIpc) is 2.43. The summed E-state index contributed by atoms with van der Waals surface area (Å²) in [6, 6.07) is 5.69. The predicted molar refractivity (Wildman–Crippen MR) is 92.6 cm³/mol. The number of amides is 1. The van der Waals surface area contributed by atoms with Crippen molar-refractivity contribution in [3.05, 3.63) is 29.3 Å². The molecule has 5 heteroatoms. The Bertz CT molecular complexity index is 509. The maximum Gasteiger partial charge on any atom is 0.407 e. The second-order valence-corrected chi connectivity index (χ2v) is 6.88. The average molecular weight is 322 g/mol. The lowest BCUT2D eigenvalue weighted by Crippen LogP contribution is -2.42. The first-order valence-electron chi connectivity index (χ1n) is 8.20. The maximum absolute atomic E-state index is 11.7. The molecule has 1 amide bonds. The third-order valence-corrected chi connectivity index (χ3v) is 3.35. The van der Waals surface area contributed by atoms with Gasteiger partial charge in [0.05, 0.1) is 0 Å². The molecule has 0 heterocycles. The Balaban J connectivity index is 2.51. The number of nitrogens with one attached hydrogen (secondary N) is 2. The van der Waals surface area contributed by atoms with E-state index < -0.39 is 11.7 Å². The van der Waals surface area contributed by atoms with Crippen molar-refractivity contribution in [1.29, 1.82) is 0 Å². The van der Waals surface area contributed by atoms with Crippen molar-refractivity contribution < 1.29 is 14.6 Å². The van der Waals surface area contributed by atoms with Gasteiger partial charge in [0.2, 0.25) is 0 Å². The molecule has 0 bridgehead atoms. The van der Waals surface area contributed by atoms with E-state index in [9.17, 15) is 9.90 Å². The molecule has 0 spiro atoms. The Morgan fingerprint density at radius 1 is 1.35 bits per heavy atom. The van der Waals surface area contributed by atoms with Gasteiger partial charge in [-0.25, -0.2) is 4.79 Å². The lowest BCUT2D eigenvalue weighted by atomic mass is 10.1. The number of phenolic OH excluding ortho intramolecular Hbond substituents is 1. The van der Waals surface area contributed by atoms with Crippen LogP contribution in [0.15, 0.2) is 18.2 Å². The molecule has 1 aromatic rings. The molecule has 0 aromatic heterocycles. The number of carbonyl (C=O) groups excluding carboxylic acids is 1. The van der Waals surface area contributed by atoms with Gasteiger partial charge in [0.15, 0.2) is 0 Å². The lowest BCUT2D eigenvalue weighted by molar-refractivity contribution is 0.0521. The number of phenols is 1. The summed E-state index contributed by atoms with van der Waals surface area (Å²) in [6.45, 7) is 10.7. The topological polar surface area (TPSA) is 70.6 Å². The molecule has 0 aliphatic heterocycles. The van der Waals surface area contributed by atoms with Crippen LogP contribution < -0.4 is 10.6 Å². The Labute approximate surface area is 139 Å². The van der Waals surface area contributed by atoms with E-state index in [1.807, 2.05) is 39.8 Å². The highest BCUT2D eigenvalue weighted by Crippen LogP contribution is 2.18. The SMILES string of the molecule is CCCC(CNC(=O)OC(C)(C)C)NCc1cc(C)ccc1O. The normalized spacial score (nSPS) is 12.7. The minimum atomic E-state index is -0.495. The zero-order chi connectivity index (χ0) is 17.5. The highest BCUT2D eigenvalue weighted by molar-refractivity contribution is 5.67. The number of carbonyl (C=O) groups is 1. The van der Waals surface area contributed by atoms with Crippen LogP contribution in [0.4, 0.5) is 4.79 Å². The van der Waals surface area contributed by atoms with Crippen LogP contribution in [0.5, 0.6) is 5.75 Å². The molecule has 1 rings (SSSR count). The summed E-state index contributed by atoms with van der Waals surface area (Å²) < 4.78 is 5.25. The van der Waals surface area contributed by atoms with E-state index >= 15 is 0 Å². The van der Waals surface area contributed by atoms with E-state index in [1.165, 1.54) is 0 Å². The van der Waals surface area contributed by atoms with Gasteiger partial charge in [-0.15, -0.1) is 0 Å². The third kappa shape index (κ3) is 7.88. The first kappa shape index (κ1) is 19.3. The van der Waals surface area contributed by atoms with Crippen molar-refractivity contribution in [1.82, 2.24) is 10.6 Å². The van der Waals surface area contributed by atoms with Crippen LogP contribution in [0.25, 0.3) is 0 Å². The summed E-state index contributed by atoms with van der Waals surface area (Å²) in [7, 11) is 0. The zero-order valence-corrected chi connectivity index (χ0v) is 14.9. The van der Waals surface area contributed by atoms with Crippen molar-refractivity contribution in [3.63, 3.8) is 0 Å². The van der Waals surface area contributed by atoms with Crippen molar-refractivity contribution in [2.45, 2.75) is 65.6 Å². The minimum absolute atomic E-state index is 0.132. The molecule has 0 radical (unpaired) electrons. The van der Waals surface area contributed by atoms with Gasteiger partial charge in [0.1, 0.15) is 11.4 Å².